The fraction of sp³-hybridized carbons (Fsp3) is 1.00. The van der Waals surface area contributed by atoms with E-state index in [-0.39, 0.29) is 0 Å². The van der Waals surface area contributed by atoms with Crippen LogP contribution in [0.5, 0.6) is 0 Å². The Labute approximate surface area is 120 Å². The number of unbranched alkanes of at least 4 members (excludes halogenated alkanes) is 1. The third kappa shape index (κ3) is 8.42. The average molecular weight is 274 g/mol. The van der Waals surface area contributed by atoms with Crippen molar-refractivity contribution in [2.75, 3.05) is 25.1 Å². The Bertz CT molecular complexity index is 182. The Balaban J connectivity index is 4.24. The minimum absolute atomic E-state index is 0.556. The molecule has 0 aliphatic carbocycles. The predicted molar refractivity (Wildman–Crippen MR) is 87.6 cm³/mol. The number of hydrogen-bond donors (Lipinski definition) is 1. The average Bonchev–Trinajstić information content (AvgIpc) is 2.35. The number of thioether (sulfide) groups is 1. The Morgan fingerprint density at radius 3 is 2.28 bits per heavy atom. The van der Waals surface area contributed by atoms with Gasteiger partial charge in [-0.15, -0.1) is 0 Å². The molecule has 0 spiro atoms. The fourth-order valence-electron chi connectivity index (χ4n) is 2.55. The van der Waals surface area contributed by atoms with Crippen LogP contribution in [0.3, 0.4) is 0 Å². The minimum Gasteiger partial charge on any atom is -0.316 e. The van der Waals surface area contributed by atoms with Gasteiger partial charge in [-0.1, -0.05) is 40.5 Å². The van der Waals surface area contributed by atoms with Crippen molar-refractivity contribution in [3.05, 3.63) is 0 Å². The number of hydrogen-bond acceptors (Lipinski definition) is 2. The quantitative estimate of drug-likeness (QED) is 0.504. The van der Waals surface area contributed by atoms with Crippen LogP contribution < -0.4 is 5.32 Å². The molecule has 0 bridgehead atoms. The van der Waals surface area contributed by atoms with Crippen molar-refractivity contribution in [3.8, 4) is 0 Å². The van der Waals surface area contributed by atoms with E-state index in [9.17, 15) is 0 Å². The summed E-state index contributed by atoms with van der Waals surface area (Å²) in [5.41, 5.74) is 0.556. The Kier molecular flexibility index (Phi) is 11.4. The third-order valence-corrected chi connectivity index (χ3v) is 4.62. The van der Waals surface area contributed by atoms with E-state index in [4.69, 9.17) is 0 Å². The molecule has 0 radical (unpaired) electrons. The zero-order chi connectivity index (χ0) is 13.9. The van der Waals surface area contributed by atoms with Crippen LogP contribution in [0.1, 0.15) is 66.2 Å². The van der Waals surface area contributed by atoms with Crippen molar-refractivity contribution in [3.63, 3.8) is 0 Å². The van der Waals surface area contributed by atoms with Gasteiger partial charge in [0.2, 0.25) is 0 Å². The lowest BCUT2D eigenvalue weighted by molar-refractivity contribution is 0.208. The van der Waals surface area contributed by atoms with Crippen molar-refractivity contribution in [2.24, 2.45) is 11.3 Å². The fourth-order valence-corrected chi connectivity index (χ4v) is 2.98. The maximum absolute atomic E-state index is 3.71. The molecule has 0 aromatic carbocycles. The van der Waals surface area contributed by atoms with E-state index in [0.29, 0.717) is 5.41 Å². The SMILES string of the molecule is CCCCC(CC)(CCCSC)CNCC(C)C. The van der Waals surface area contributed by atoms with Crippen molar-refractivity contribution in [2.45, 2.75) is 66.2 Å². The van der Waals surface area contributed by atoms with Gasteiger partial charge >= 0.3 is 0 Å². The highest BCUT2D eigenvalue weighted by Crippen LogP contribution is 2.34. The number of rotatable bonds is 12. The largest absolute Gasteiger partial charge is 0.316 e. The van der Waals surface area contributed by atoms with Crippen LogP contribution >= 0.6 is 11.8 Å². The maximum Gasteiger partial charge on any atom is 0.000782 e. The highest BCUT2D eigenvalue weighted by Gasteiger charge is 2.26. The van der Waals surface area contributed by atoms with E-state index in [1.807, 2.05) is 11.8 Å². The third-order valence-electron chi connectivity index (χ3n) is 3.92. The molecular weight excluding hydrogens is 238 g/mol. The summed E-state index contributed by atoms with van der Waals surface area (Å²) in [5, 5.41) is 3.71. The number of nitrogens with one attached hydrogen (secondary N) is 1. The summed E-state index contributed by atoms with van der Waals surface area (Å²) < 4.78 is 0. The smallest absolute Gasteiger partial charge is 0.000782 e. The lowest BCUT2D eigenvalue weighted by Gasteiger charge is -2.34. The predicted octanol–water partition coefficient (Wildman–Crippen LogP) is 4.96. The first-order chi connectivity index (χ1) is 8.60. The van der Waals surface area contributed by atoms with E-state index < -0.39 is 0 Å². The van der Waals surface area contributed by atoms with E-state index in [2.05, 4.69) is 39.3 Å². The monoisotopic (exact) mass is 273 g/mol. The summed E-state index contributed by atoms with van der Waals surface area (Å²) >= 11 is 1.98. The van der Waals surface area contributed by atoms with Crippen molar-refractivity contribution in [1.29, 1.82) is 0 Å². The molecule has 0 saturated heterocycles. The lowest BCUT2D eigenvalue weighted by atomic mass is 9.76. The first-order valence-electron chi connectivity index (χ1n) is 7.80. The molecule has 0 heterocycles. The molecule has 0 aromatic heterocycles. The second-order valence-electron chi connectivity index (χ2n) is 6.08. The van der Waals surface area contributed by atoms with Gasteiger partial charge in [0.15, 0.2) is 0 Å². The Morgan fingerprint density at radius 2 is 1.78 bits per heavy atom. The second kappa shape index (κ2) is 11.2. The maximum atomic E-state index is 3.71. The molecule has 0 saturated carbocycles. The van der Waals surface area contributed by atoms with Gasteiger partial charge in [0.1, 0.15) is 0 Å². The molecule has 1 atom stereocenters. The van der Waals surface area contributed by atoms with Gasteiger partial charge in [0.05, 0.1) is 0 Å². The van der Waals surface area contributed by atoms with E-state index in [0.717, 1.165) is 12.5 Å². The van der Waals surface area contributed by atoms with Crippen LogP contribution in [0.4, 0.5) is 0 Å². The van der Waals surface area contributed by atoms with Crippen LogP contribution in [-0.2, 0) is 0 Å². The molecule has 0 aromatic rings. The van der Waals surface area contributed by atoms with E-state index in [1.165, 1.54) is 50.8 Å². The van der Waals surface area contributed by atoms with Gasteiger partial charge in [-0.2, -0.15) is 11.8 Å². The van der Waals surface area contributed by atoms with Gasteiger partial charge in [-0.25, -0.2) is 0 Å². The molecule has 0 aliphatic heterocycles. The summed E-state index contributed by atoms with van der Waals surface area (Å²) in [7, 11) is 0. The molecule has 110 valence electrons. The zero-order valence-electron chi connectivity index (χ0n) is 13.3. The van der Waals surface area contributed by atoms with Crippen molar-refractivity contribution < 1.29 is 0 Å². The molecule has 0 amide bonds. The first-order valence-corrected chi connectivity index (χ1v) is 9.19. The molecule has 0 rings (SSSR count). The summed E-state index contributed by atoms with van der Waals surface area (Å²) in [5.74, 6) is 2.08. The second-order valence-corrected chi connectivity index (χ2v) is 7.06. The normalized spacial score (nSPS) is 15.0. The molecule has 0 aliphatic rings. The molecule has 1 unspecified atom stereocenters. The molecule has 18 heavy (non-hydrogen) atoms. The van der Waals surface area contributed by atoms with Gasteiger partial charge < -0.3 is 5.32 Å². The molecular formula is C16H35NS. The molecule has 2 heteroatoms. The van der Waals surface area contributed by atoms with Gasteiger partial charge in [0, 0.05) is 6.54 Å². The lowest BCUT2D eigenvalue weighted by Crippen LogP contribution is -2.36. The summed E-state index contributed by atoms with van der Waals surface area (Å²) in [6.45, 7) is 11.7. The van der Waals surface area contributed by atoms with Crippen molar-refractivity contribution in [1.82, 2.24) is 5.32 Å². The van der Waals surface area contributed by atoms with Crippen LogP contribution in [0, 0.1) is 11.3 Å². The van der Waals surface area contributed by atoms with Gasteiger partial charge in [-0.3, -0.25) is 0 Å². The van der Waals surface area contributed by atoms with Crippen LogP contribution in [0.2, 0.25) is 0 Å². The molecule has 0 fully saturated rings. The standard InChI is InChI=1S/C16H35NS/c1-6-8-10-16(7-2,11-9-12-18-5)14-17-13-15(3)4/h15,17H,6-14H2,1-5H3. The Hall–Kier alpha value is 0.310. The van der Waals surface area contributed by atoms with E-state index in [1.54, 1.807) is 0 Å². The van der Waals surface area contributed by atoms with Gasteiger partial charge in [0.25, 0.3) is 0 Å². The van der Waals surface area contributed by atoms with Gasteiger partial charge in [-0.05, 0) is 55.6 Å². The summed E-state index contributed by atoms with van der Waals surface area (Å²) in [6.07, 6.45) is 10.4. The summed E-state index contributed by atoms with van der Waals surface area (Å²) in [6, 6.07) is 0. The van der Waals surface area contributed by atoms with Crippen LogP contribution in [0.15, 0.2) is 0 Å². The van der Waals surface area contributed by atoms with Crippen molar-refractivity contribution >= 4 is 11.8 Å². The minimum atomic E-state index is 0.556. The van der Waals surface area contributed by atoms with Crippen LogP contribution in [0.25, 0.3) is 0 Å². The Morgan fingerprint density at radius 1 is 1.11 bits per heavy atom. The first kappa shape index (κ1) is 18.3. The van der Waals surface area contributed by atoms with E-state index >= 15 is 0 Å². The molecule has 1 N–H and O–H groups in total. The zero-order valence-corrected chi connectivity index (χ0v) is 14.2. The van der Waals surface area contributed by atoms with Crippen LogP contribution in [-0.4, -0.2) is 25.1 Å². The topological polar surface area (TPSA) is 12.0 Å². The highest BCUT2D eigenvalue weighted by molar-refractivity contribution is 7.98. The highest BCUT2D eigenvalue weighted by atomic mass is 32.2. The molecule has 1 nitrogen and oxygen atoms in total. The summed E-state index contributed by atoms with van der Waals surface area (Å²) in [4.78, 5) is 0.